The number of fused-ring (bicyclic) bond motifs is 3. The molecule has 11 heteroatoms. The maximum Gasteiger partial charge on any atom is 0.255 e. The van der Waals surface area contributed by atoms with Gasteiger partial charge in [0.25, 0.3) is 5.91 Å². The number of allylic oxidation sites excluding steroid dienone is 1. The summed E-state index contributed by atoms with van der Waals surface area (Å²) in [6.07, 6.45) is 4.35. The number of nitrogens with zero attached hydrogens (tertiary/aromatic N) is 3. The van der Waals surface area contributed by atoms with Crippen molar-refractivity contribution in [1.82, 2.24) is 9.80 Å². The van der Waals surface area contributed by atoms with Crippen LogP contribution in [0.3, 0.4) is 0 Å². The third-order valence-corrected chi connectivity index (χ3v) is 8.55. The highest BCUT2D eigenvalue weighted by molar-refractivity contribution is 6.24. The molecule has 0 saturated carbocycles. The Morgan fingerprint density at radius 1 is 1.13 bits per heavy atom. The second-order valence-corrected chi connectivity index (χ2v) is 11.3. The van der Waals surface area contributed by atoms with Crippen molar-refractivity contribution in [3.8, 4) is 5.75 Å². The van der Waals surface area contributed by atoms with Crippen LogP contribution in [0.5, 0.6) is 5.75 Å². The summed E-state index contributed by atoms with van der Waals surface area (Å²) >= 11 is 0. The molecule has 0 saturated heterocycles. The predicted molar refractivity (Wildman–Crippen MR) is 142 cm³/mol. The van der Waals surface area contributed by atoms with Gasteiger partial charge in [-0.2, -0.15) is 0 Å². The SMILES string of the molecule is CN(C)c1cc(CN2CC=CC2)c(O)c2c1C[C@H]1C[C@H]3C(N(C)C)C(O)=C(C(N)=O)C(=O)[C@@]3(O)C(O)=C1C2=O. The number of aliphatic hydroxyl groups is 3. The highest BCUT2D eigenvalue weighted by Gasteiger charge is 2.63. The number of hydrogen-bond donors (Lipinski definition) is 5. The average Bonchev–Trinajstić information content (AvgIpc) is 3.35. The molecule has 5 rings (SSSR count). The van der Waals surface area contributed by atoms with Gasteiger partial charge in [0.15, 0.2) is 11.4 Å². The molecule has 1 amide bonds. The van der Waals surface area contributed by atoms with E-state index >= 15 is 0 Å². The van der Waals surface area contributed by atoms with Crippen molar-refractivity contribution < 1.29 is 34.8 Å². The summed E-state index contributed by atoms with van der Waals surface area (Å²) in [7, 11) is 6.90. The number of benzene rings is 1. The first-order valence-corrected chi connectivity index (χ1v) is 12.9. The van der Waals surface area contributed by atoms with E-state index in [0.29, 0.717) is 30.8 Å². The van der Waals surface area contributed by atoms with Gasteiger partial charge in [-0.15, -0.1) is 0 Å². The van der Waals surface area contributed by atoms with Gasteiger partial charge in [-0.25, -0.2) is 0 Å². The first-order chi connectivity index (χ1) is 18.3. The summed E-state index contributed by atoms with van der Waals surface area (Å²) in [6, 6.07) is 0.849. The zero-order valence-corrected chi connectivity index (χ0v) is 22.4. The number of primary amides is 1. The maximum atomic E-state index is 14.1. The highest BCUT2D eigenvalue weighted by Crippen LogP contribution is 2.53. The van der Waals surface area contributed by atoms with E-state index in [0.717, 1.165) is 5.69 Å². The van der Waals surface area contributed by atoms with Crippen LogP contribution in [0.25, 0.3) is 0 Å². The molecule has 1 aromatic carbocycles. The Morgan fingerprint density at radius 3 is 2.33 bits per heavy atom. The summed E-state index contributed by atoms with van der Waals surface area (Å²) in [5, 5.41) is 45.5. The van der Waals surface area contributed by atoms with Crippen molar-refractivity contribution in [2.24, 2.45) is 17.6 Å². The van der Waals surface area contributed by atoms with E-state index in [1.165, 1.54) is 4.90 Å². The molecular weight excluding hydrogens is 504 g/mol. The number of aromatic hydroxyl groups is 1. The molecule has 0 radical (unpaired) electrons. The average molecular weight is 539 g/mol. The van der Waals surface area contributed by atoms with E-state index in [4.69, 9.17) is 5.73 Å². The minimum Gasteiger partial charge on any atom is -0.510 e. The number of ketones is 2. The van der Waals surface area contributed by atoms with Crippen LogP contribution < -0.4 is 10.6 Å². The first kappa shape index (κ1) is 26.9. The summed E-state index contributed by atoms with van der Waals surface area (Å²) in [4.78, 5) is 45.1. The van der Waals surface area contributed by atoms with Gasteiger partial charge >= 0.3 is 0 Å². The second kappa shape index (κ2) is 9.22. The lowest BCUT2D eigenvalue weighted by molar-refractivity contribution is -0.148. The van der Waals surface area contributed by atoms with Crippen LogP contribution >= 0.6 is 0 Å². The number of likely N-dealkylation sites (N-methyl/N-ethyl adjacent to an activating group) is 1. The standard InChI is InChI=1S/C28H34N4O7/c1-30(2)17-11-14(12-32-7-5-6-8-32)22(33)19-15(17)9-13-10-16-21(31(3)4)24(35)20(27(29)38)26(37)28(16,39)25(36)18(13)23(19)34/h5-6,11,13,16,21,33,35-36,39H,7-10,12H2,1-4H3,(H2,29,38)/t13-,16-,21?,28-/m0/s1. The van der Waals surface area contributed by atoms with Gasteiger partial charge in [-0.05, 0) is 44.5 Å². The second-order valence-electron chi connectivity index (χ2n) is 11.3. The van der Waals surface area contributed by atoms with E-state index in [1.54, 1.807) is 14.1 Å². The van der Waals surface area contributed by atoms with Crippen LogP contribution in [0.2, 0.25) is 0 Å². The number of amides is 1. The number of carbonyl (C=O) groups is 3. The lowest BCUT2D eigenvalue weighted by Crippen LogP contribution is -2.63. The maximum absolute atomic E-state index is 14.1. The molecule has 11 nitrogen and oxygen atoms in total. The van der Waals surface area contributed by atoms with Crippen LogP contribution in [0.4, 0.5) is 5.69 Å². The van der Waals surface area contributed by atoms with Gasteiger partial charge in [0.1, 0.15) is 22.8 Å². The molecule has 208 valence electrons. The Hall–Kier alpha value is -3.67. The zero-order valence-electron chi connectivity index (χ0n) is 22.4. The van der Waals surface area contributed by atoms with E-state index < -0.39 is 58.0 Å². The number of Topliss-reactive ketones (excluding diaryl/α,β-unsaturated/α-hetero) is 2. The fraction of sp³-hybridized carbons (Fsp3) is 0.464. The van der Waals surface area contributed by atoms with Gasteiger partial charge in [-0.1, -0.05) is 12.2 Å². The van der Waals surface area contributed by atoms with Crippen molar-refractivity contribution in [2.75, 3.05) is 46.2 Å². The quantitative estimate of drug-likeness (QED) is 0.264. The van der Waals surface area contributed by atoms with Gasteiger partial charge in [0.05, 0.1) is 11.6 Å². The molecular formula is C28H34N4O7. The summed E-state index contributed by atoms with van der Waals surface area (Å²) < 4.78 is 0. The number of carbonyl (C=O) groups excluding carboxylic acids is 3. The molecule has 1 heterocycles. The minimum atomic E-state index is -2.65. The van der Waals surface area contributed by atoms with Gasteiger partial charge in [-0.3, -0.25) is 24.2 Å². The molecule has 0 aromatic heterocycles. The number of anilines is 1. The summed E-state index contributed by atoms with van der Waals surface area (Å²) in [5.74, 6) is -6.47. The van der Waals surface area contributed by atoms with E-state index in [1.807, 2.05) is 37.2 Å². The molecule has 1 aromatic rings. The van der Waals surface area contributed by atoms with Crippen molar-refractivity contribution in [2.45, 2.75) is 31.0 Å². The van der Waals surface area contributed by atoms with Crippen molar-refractivity contribution in [3.05, 3.63) is 57.6 Å². The fourth-order valence-corrected chi connectivity index (χ4v) is 6.76. The van der Waals surface area contributed by atoms with Crippen LogP contribution in [-0.2, 0) is 22.6 Å². The Labute approximate surface area is 226 Å². The largest absolute Gasteiger partial charge is 0.510 e. The van der Waals surface area contributed by atoms with E-state index in [-0.39, 0.29) is 29.7 Å². The molecule has 4 aliphatic rings. The molecule has 1 unspecified atom stereocenters. The van der Waals surface area contributed by atoms with E-state index in [9.17, 15) is 34.8 Å². The topological polar surface area (TPSA) is 168 Å². The number of phenols is 1. The Kier molecular flexibility index (Phi) is 6.36. The third-order valence-electron chi connectivity index (χ3n) is 8.55. The molecule has 6 N–H and O–H groups in total. The van der Waals surface area contributed by atoms with E-state index in [2.05, 4.69) is 4.90 Å². The number of nitrogens with two attached hydrogens (primary N) is 1. The summed E-state index contributed by atoms with van der Waals surface area (Å²) in [6.45, 7) is 1.82. The smallest absolute Gasteiger partial charge is 0.255 e. The van der Waals surface area contributed by atoms with Gasteiger partial charge < -0.3 is 31.1 Å². The van der Waals surface area contributed by atoms with Crippen molar-refractivity contribution in [1.29, 1.82) is 0 Å². The number of aliphatic hydroxyl groups excluding tert-OH is 2. The molecule has 0 bridgehead atoms. The molecule has 3 aliphatic carbocycles. The van der Waals surface area contributed by atoms with Crippen LogP contribution in [0.15, 0.2) is 40.9 Å². The molecule has 0 fully saturated rings. The monoisotopic (exact) mass is 538 g/mol. The number of hydrogen-bond acceptors (Lipinski definition) is 10. The Bertz CT molecular complexity index is 1380. The van der Waals surface area contributed by atoms with Crippen LogP contribution in [0.1, 0.15) is 27.9 Å². The number of phenolic OH excluding ortho intramolecular Hbond substituents is 1. The lowest BCUT2D eigenvalue weighted by Gasteiger charge is -2.50. The lowest BCUT2D eigenvalue weighted by atomic mass is 9.58. The summed E-state index contributed by atoms with van der Waals surface area (Å²) in [5.41, 5.74) is 3.71. The fourth-order valence-electron chi connectivity index (χ4n) is 6.76. The number of rotatable bonds is 5. The molecule has 4 atom stereocenters. The highest BCUT2D eigenvalue weighted by atomic mass is 16.3. The Morgan fingerprint density at radius 2 is 1.77 bits per heavy atom. The molecule has 1 aliphatic heterocycles. The van der Waals surface area contributed by atoms with Crippen LogP contribution in [0, 0.1) is 11.8 Å². The molecule has 39 heavy (non-hydrogen) atoms. The zero-order chi connectivity index (χ0) is 28.5. The van der Waals surface area contributed by atoms with Gasteiger partial charge in [0.2, 0.25) is 5.78 Å². The normalized spacial score (nSPS) is 28.6. The van der Waals surface area contributed by atoms with Crippen molar-refractivity contribution in [3.63, 3.8) is 0 Å². The first-order valence-electron chi connectivity index (χ1n) is 12.9. The van der Waals surface area contributed by atoms with Crippen molar-refractivity contribution >= 4 is 23.2 Å². The molecule has 0 spiro atoms. The minimum absolute atomic E-state index is 0.0316. The van der Waals surface area contributed by atoms with Gasteiger partial charge in [0, 0.05) is 56.5 Å². The van der Waals surface area contributed by atoms with Crippen LogP contribution in [-0.4, -0.2) is 101 Å². The third kappa shape index (κ3) is 3.79. The Balaban J connectivity index is 1.69. The predicted octanol–water partition coefficient (Wildman–Crippen LogP) is 0.558.